The van der Waals surface area contributed by atoms with Gasteiger partial charge in [0.05, 0.1) is 6.20 Å². The molecule has 1 fully saturated rings. The van der Waals surface area contributed by atoms with Gasteiger partial charge in [-0.2, -0.15) is 0 Å². The summed E-state index contributed by atoms with van der Waals surface area (Å²) in [5, 5.41) is 0. The average molecular weight is 426 g/mol. The van der Waals surface area contributed by atoms with Crippen LogP contribution in [0.1, 0.15) is 53.0 Å². The highest BCUT2D eigenvalue weighted by molar-refractivity contribution is 5.92. The van der Waals surface area contributed by atoms with Crippen LogP contribution in [-0.4, -0.2) is 31.5 Å². The Kier molecular flexibility index (Phi) is 5.58. The van der Waals surface area contributed by atoms with Crippen molar-refractivity contribution in [3.05, 3.63) is 86.1 Å². The molecule has 1 aliphatic rings. The van der Waals surface area contributed by atoms with Crippen molar-refractivity contribution in [1.29, 1.82) is 0 Å². The summed E-state index contributed by atoms with van der Waals surface area (Å²) in [6.45, 7) is 0.467. The van der Waals surface area contributed by atoms with Crippen LogP contribution in [0.4, 0.5) is 4.39 Å². The van der Waals surface area contributed by atoms with E-state index in [1.54, 1.807) is 23.2 Å². The molecule has 0 aliphatic carbocycles. The first kappa shape index (κ1) is 20.8. The van der Waals surface area contributed by atoms with Crippen LogP contribution in [-0.2, 0) is 20.5 Å². The number of likely N-dealkylation sites (tertiary alicyclic amines) is 1. The van der Waals surface area contributed by atoms with E-state index in [1.165, 1.54) is 36.9 Å². The lowest BCUT2D eigenvalue weighted by Crippen LogP contribution is -2.44. The molecule has 0 saturated carbocycles. The third-order valence-electron chi connectivity index (χ3n) is 5.63. The Bertz CT molecular complexity index is 1240. The number of hydrogen-bond donors (Lipinski definition) is 0. The fourth-order valence-corrected chi connectivity index (χ4v) is 3.92. The molecule has 0 bridgehead atoms. The maximum Gasteiger partial charge on any atom is 0.331 e. The zero-order valence-corrected chi connectivity index (χ0v) is 17.4. The molecule has 31 heavy (non-hydrogen) atoms. The van der Waals surface area contributed by atoms with Gasteiger partial charge in [-0.05, 0) is 37.0 Å². The highest BCUT2D eigenvalue weighted by Gasteiger charge is 2.33. The first-order valence-corrected chi connectivity index (χ1v) is 10.1. The third kappa shape index (κ3) is 4.08. The molecule has 0 N–H and O–H groups in total. The molecular formula is C22H23FN4O4. The monoisotopic (exact) mass is 426 g/mol. The van der Waals surface area contributed by atoms with E-state index >= 15 is 0 Å². The zero-order valence-electron chi connectivity index (χ0n) is 17.4. The zero-order chi connectivity index (χ0) is 22.1. The summed E-state index contributed by atoms with van der Waals surface area (Å²) in [7, 11) is 2.84. The summed E-state index contributed by atoms with van der Waals surface area (Å²) in [4.78, 5) is 43.6. The molecule has 1 atom stereocenters. The number of oxazole rings is 1. The van der Waals surface area contributed by atoms with E-state index in [4.69, 9.17) is 4.42 Å². The van der Waals surface area contributed by atoms with E-state index in [0.717, 1.165) is 23.0 Å². The molecule has 162 valence electrons. The maximum absolute atomic E-state index is 13.4. The van der Waals surface area contributed by atoms with Gasteiger partial charge in [-0.1, -0.05) is 12.1 Å². The molecule has 1 amide bonds. The normalized spacial score (nSPS) is 16.5. The Morgan fingerprint density at radius 3 is 2.77 bits per heavy atom. The van der Waals surface area contributed by atoms with Crippen LogP contribution in [0.25, 0.3) is 0 Å². The number of nitrogens with zero attached hydrogens (tertiary/aromatic N) is 4. The Labute approximate surface area is 177 Å². The molecule has 1 aromatic carbocycles. The van der Waals surface area contributed by atoms with Gasteiger partial charge in [0.1, 0.15) is 23.3 Å². The van der Waals surface area contributed by atoms with Gasteiger partial charge in [-0.25, -0.2) is 14.2 Å². The summed E-state index contributed by atoms with van der Waals surface area (Å²) in [6.07, 6.45) is 4.33. The van der Waals surface area contributed by atoms with Crippen LogP contribution in [0.2, 0.25) is 0 Å². The molecule has 1 saturated heterocycles. The minimum Gasteiger partial charge on any atom is -0.443 e. The van der Waals surface area contributed by atoms with Gasteiger partial charge in [0.15, 0.2) is 0 Å². The van der Waals surface area contributed by atoms with E-state index in [-0.39, 0.29) is 11.5 Å². The smallest absolute Gasteiger partial charge is 0.331 e. The van der Waals surface area contributed by atoms with Crippen molar-refractivity contribution < 1.29 is 13.6 Å². The van der Waals surface area contributed by atoms with Crippen LogP contribution in [0.3, 0.4) is 0 Å². The lowest BCUT2D eigenvalue weighted by atomic mass is 10.0. The van der Waals surface area contributed by atoms with Gasteiger partial charge < -0.3 is 9.32 Å². The number of amides is 1. The highest BCUT2D eigenvalue weighted by Crippen LogP contribution is 2.32. The van der Waals surface area contributed by atoms with Gasteiger partial charge in [-0.15, -0.1) is 0 Å². The molecule has 3 heterocycles. The van der Waals surface area contributed by atoms with Crippen molar-refractivity contribution in [3.63, 3.8) is 0 Å². The van der Waals surface area contributed by atoms with E-state index in [0.29, 0.717) is 31.0 Å². The molecule has 1 unspecified atom stereocenters. The Morgan fingerprint density at radius 2 is 2.00 bits per heavy atom. The van der Waals surface area contributed by atoms with Gasteiger partial charge in [-0.3, -0.25) is 18.7 Å². The van der Waals surface area contributed by atoms with E-state index in [1.807, 2.05) is 0 Å². The van der Waals surface area contributed by atoms with Crippen LogP contribution in [0.5, 0.6) is 0 Å². The Balaban J connectivity index is 1.61. The van der Waals surface area contributed by atoms with Gasteiger partial charge in [0.2, 0.25) is 5.89 Å². The summed E-state index contributed by atoms with van der Waals surface area (Å²) < 4.78 is 21.5. The average Bonchev–Trinajstić information content (AvgIpc) is 3.22. The number of halogens is 1. The quantitative estimate of drug-likeness (QED) is 0.638. The van der Waals surface area contributed by atoms with E-state index in [9.17, 15) is 18.8 Å². The molecule has 0 spiro atoms. The summed E-state index contributed by atoms with van der Waals surface area (Å²) in [5.41, 5.74) is -0.299. The first-order chi connectivity index (χ1) is 14.8. The van der Waals surface area contributed by atoms with Gasteiger partial charge >= 0.3 is 5.69 Å². The second-order valence-corrected chi connectivity index (χ2v) is 7.75. The molecule has 3 aromatic rings. The number of aromatic nitrogens is 3. The second kappa shape index (κ2) is 8.33. The number of carbonyl (C=O) groups is 1. The number of hydrogen-bond acceptors (Lipinski definition) is 5. The molecule has 2 aromatic heterocycles. The predicted octanol–water partition coefficient (Wildman–Crippen LogP) is 2.17. The third-order valence-corrected chi connectivity index (χ3v) is 5.63. The molecular weight excluding hydrogens is 403 g/mol. The second-order valence-electron chi connectivity index (χ2n) is 7.75. The van der Waals surface area contributed by atoms with Crippen molar-refractivity contribution in [2.75, 3.05) is 6.54 Å². The number of rotatable bonds is 4. The molecule has 4 rings (SSSR count). The SMILES string of the molecule is Cn1c(C(=O)N2CCCCC2c2ncc(Cc3cccc(F)c3)o2)cc(=O)n(C)c1=O. The summed E-state index contributed by atoms with van der Waals surface area (Å²) in [5.74, 6) is 0.237. The molecule has 1 aliphatic heterocycles. The highest BCUT2D eigenvalue weighted by atomic mass is 19.1. The fraction of sp³-hybridized carbons (Fsp3) is 0.364. The number of carbonyl (C=O) groups excluding carboxylic acids is 1. The standard InChI is InChI=1S/C22H23FN4O4/c1-25-18(12-19(28)26(2)22(25)30)21(29)27-9-4-3-8-17(27)20-24-13-16(31-20)11-14-6-5-7-15(23)10-14/h5-7,10,12-13,17H,3-4,8-9,11H2,1-2H3. The number of piperidine rings is 1. The molecule has 8 nitrogen and oxygen atoms in total. The van der Waals surface area contributed by atoms with E-state index in [2.05, 4.69) is 4.98 Å². The predicted molar refractivity (Wildman–Crippen MR) is 110 cm³/mol. The van der Waals surface area contributed by atoms with Crippen molar-refractivity contribution >= 4 is 5.91 Å². The fourth-order valence-electron chi connectivity index (χ4n) is 3.92. The van der Waals surface area contributed by atoms with Crippen molar-refractivity contribution in [1.82, 2.24) is 19.0 Å². The minimum absolute atomic E-state index is 0.0338. The largest absolute Gasteiger partial charge is 0.443 e. The van der Waals surface area contributed by atoms with Crippen molar-refractivity contribution in [3.8, 4) is 0 Å². The van der Waals surface area contributed by atoms with Crippen molar-refractivity contribution in [2.45, 2.75) is 31.7 Å². The summed E-state index contributed by atoms with van der Waals surface area (Å²) in [6, 6.07) is 7.04. The lowest BCUT2D eigenvalue weighted by Gasteiger charge is -2.34. The van der Waals surface area contributed by atoms with Crippen LogP contribution >= 0.6 is 0 Å². The minimum atomic E-state index is -0.557. The topological polar surface area (TPSA) is 90.3 Å². The molecule has 0 radical (unpaired) electrons. The molecule has 9 heteroatoms. The van der Waals surface area contributed by atoms with Crippen LogP contribution in [0.15, 0.2) is 50.5 Å². The Morgan fingerprint density at radius 1 is 1.19 bits per heavy atom. The first-order valence-electron chi connectivity index (χ1n) is 10.1. The van der Waals surface area contributed by atoms with Crippen molar-refractivity contribution in [2.24, 2.45) is 14.1 Å². The van der Waals surface area contributed by atoms with E-state index < -0.39 is 23.2 Å². The summed E-state index contributed by atoms with van der Waals surface area (Å²) >= 11 is 0. The lowest BCUT2D eigenvalue weighted by molar-refractivity contribution is 0.0557. The van der Waals surface area contributed by atoms with Crippen LogP contribution in [0, 0.1) is 5.82 Å². The Hall–Kier alpha value is -3.49. The number of benzene rings is 1. The maximum atomic E-state index is 13.4. The van der Waals surface area contributed by atoms with Gasteiger partial charge in [0.25, 0.3) is 11.5 Å². The van der Waals surface area contributed by atoms with Gasteiger partial charge in [0, 0.05) is 33.1 Å². The van der Waals surface area contributed by atoms with Crippen LogP contribution < -0.4 is 11.2 Å².